The van der Waals surface area contributed by atoms with Crippen LogP contribution < -0.4 is 10.6 Å². The third kappa shape index (κ3) is 4.72. The Hall–Kier alpha value is -3.16. The largest absolute Gasteiger partial charge is 0.380 e. The zero-order valence-electron chi connectivity index (χ0n) is 19.9. The molecule has 3 atom stereocenters. The van der Waals surface area contributed by atoms with E-state index < -0.39 is 0 Å². The molecule has 0 radical (unpaired) electrons. The van der Waals surface area contributed by atoms with Crippen LogP contribution >= 0.6 is 0 Å². The number of benzene rings is 2. The molecule has 178 valence electrons. The third-order valence-corrected chi connectivity index (χ3v) is 7.00. The lowest BCUT2D eigenvalue weighted by atomic mass is 9.94. The van der Waals surface area contributed by atoms with Crippen LogP contribution in [-0.2, 0) is 17.6 Å². The number of aryl methyl sites for hydroxylation is 1. The molecule has 7 nitrogen and oxygen atoms in total. The Morgan fingerprint density at radius 3 is 2.56 bits per heavy atom. The number of urea groups is 1. The minimum atomic E-state index is -0.181. The van der Waals surface area contributed by atoms with Crippen molar-refractivity contribution in [1.29, 1.82) is 0 Å². The number of rotatable bonds is 7. The quantitative estimate of drug-likeness (QED) is 0.561. The van der Waals surface area contributed by atoms with Crippen LogP contribution in [0.5, 0.6) is 0 Å². The van der Waals surface area contributed by atoms with E-state index >= 15 is 0 Å². The van der Waals surface area contributed by atoms with Crippen molar-refractivity contribution in [1.82, 2.24) is 20.0 Å². The monoisotopic (exact) mass is 459 g/mol. The summed E-state index contributed by atoms with van der Waals surface area (Å²) in [5.74, 6) is 1.01. The van der Waals surface area contributed by atoms with Gasteiger partial charge in [0.05, 0.1) is 23.5 Å². The number of methoxy groups -OCH3 is 1. The molecule has 2 N–H and O–H groups in total. The highest BCUT2D eigenvalue weighted by molar-refractivity contribution is 5.90. The molecule has 0 spiro atoms. The smallest absolute Gasteiger partial charge is 0.320 e. The fraction of sp³-hybridized carbons (Fsp3) is 0.407. The zero-order valence-corrected chi connectivity index (χ0v) is 19.9. The molecular formula is C27H33N5O2. The first-order valence-electron chi connectivity index (χ1n) is 12.2. The first-order valence-corrected chi connectivity index (χ1v) is 12.2. The van der Waals surface area contributed by atoms with Crippen molar-refractivity contribution in [3.05, 3.63) is 77.5 Å². The minimum absolute atomic E-state index is 0.00704. The Morgan fingerprint density at radius 2 is 1.82 bits per heavy atom. The molecule has 3 aromatic rings. The van der Waals surface area contributed by atoms with Gasteiger partial charge in [-0.3, -0.25) is 10.2 Å². The lowest BCUT2D eigenvalue weighted by Crippen LogP contribution is -2.43. The van der Waals surface area contributed by atoms with E-state index in [1.807, 2.05) is 41.1 Å². The number of carbonyl (C=O) groups is 1. The summed E-state index contributed by atoms with van der Waals surface area (Å²) in [5, 5.41) is 11.3. The average molecular weight is 460 g/mol. The maximum atomic E-state index is 13.3. The number of hydrogen-bond acceptors (Lipinski definition) is 4. The molecule has 2 aliphatic rings. The highest BCUT2D eigenvalue weighted by Crippen LogP contribution is 2.32. The average Bonchev–Trinajstić information content (AvgIpc) is 3.56. The number of ether oxygens (including phenoxy) is 1. The van der Waals surface area contributed by atoms with E-state index in [4.69, 9.17) is 9.84 Å². The molecule has 2 heterocycles. The summed E-state index contributed by atoms with van der Waals surface area (Å²) in [7, 11) is 1.74. The zero-order chi connectivity index (χ0) is 23.5. The van der Waals surface area contributed by atoms with Crippen molar-refractivity contribution in [2.75, 3.05) is 32.1 Å². The van der Waals surface area contributed by atoms with Crippen LogP contribution in [0.2, 0.25) is 0 Å². The highest BCUT2D eigenvalue weighted by Gasteiger charge is 2.35. The van der Waals surface area contributed by atoms with Gasteiger partial charge in [0.15, 0.2) is 0 Å². The minimum Gasteiger partial charge on any atom is -0.380 e. The van der Waals surface area contributed by atoms with E-state index in [9.17, 15) is 4.79 Å². The Kier molecular flexibility index (Phi) is 6.65. The van der Waals surface area contributed by atoms with Crippen LogP contribution in [0.1, 0.15) is 36.1 Å². The van der Waals surface area contributed by atoms with Gasteiger partial charge in [0, 0.05) is 38.2 Å². The Morgan fingerprint density at radius 1 is 1.09 bits per heavy atom. The van der Waals surface area contributed by atoms with Gasteiger partial charge in [-0.1, -0.05) is 48.5 Å². The number of aromatic nitrogens is 2. The molecule has 2 amide bonds. The van der Waals surface area contributed by atoms with Crippen LogP contribution in [0, 0.1) is 0 Å². The molecular weight excluding hydrogens is 426 g/mol. The second-order valence-electron chi connectivity index (χ2n) is 9.36. The second-order valence-corrected chi connectivity index (χ2v) is 9.36. The maximum Gasteiger partial charge on any atom is 0.320 e. The molecule has 1 aromatic heterocycles. The summed E-state index contributed by atoms with van der Waals surface area (Å²) in [4.78, 5) is 15.7. The molecule has 1 aliphatic carbocycles. The maximum absolute atomic E-state index is 13.3. The Balaban J connectivity index is 1.35. The summed E-state index contributed by atoms with van der Waals surface area (Å²) in [6.07, 6.45) is 3.12. The topological polar surface area (TPSA) is 71.4 Å². The molecule has 2 aromatic carbocycles. The SMILES string of the molecule is COC(C)CN1CC(NC(=O)Nc2c3c(nn2-c2ccccc2)CCC3)C(c2ccccc2)C1. The summed E-state index contributed by atoms with van der Waals surface area (Å²) < 4.78 is 7.36. The van der Waals surface area contributed by atoms with Gasteiger partial charge in [0.25, 0.3) is 0 Å². The van der Waals surface area contributed by atoms with Gasteiger partial charge < -0.3 is 10.1 Å². The van der Waals surface area contributed by atoms with Gasteiger partial charge in [-0.25, -0.2) is 9.48 Å². The van der Waals surface area contributed by atoms with Gasteiger partial charge in [0.2, 0.25) is 0 Å². The summed E-state index contributed by atoms with van der Waals surface area (Å²) >= 11 is 0. The van der Waals surface area contributed by atoms with Crippen molar-refractivity contribution in [3.63, 3.8) is 0 Å². The van der Waals surface area contributed by atoms with Gasteiger partial charge in [0.1, 0.15) is 5.82 Å². The van der Waals surface area contributed by atoms with Gasteiger partial charge >= 0.3 is 6.03 Å². The summed E-state index contributed by atoms with van der Waals surface area (Å²) in [6, 6.07) is 20.3. The van der Waals surface area contributed by atoms with Crippen LogP contribution in [-0.4, -0.2) is 59.6 Å². The second kappa shape index (κ2) is 9.99. The van der Waals surface area contributed by atoms with Gasteiger partial charge in [-0.15, -0.1) is 0 Å². The number of carbonyl (C=O) groups excluding carboxylic acids is 1. The van der Waals surface area contributed by atoms with Gasteiger partial charge in [-0.2, -0.15) is 5.10 Å². The number of anilines is 1. The first-order chi connectivity index (χ1) is 16.6. The molecule has 34 heavy (non-hydrogen) atoms. The molecule has 0 bridgehead atoms. The number of amides is 2. The van der Waals surface area contributed by atoms with Crippen LogP contribution in [0.25, 0.3) is 5.69 Å². The molecule has 3 unspecified atom stereocenters. The molecule has 5 rings (SSSR count). The van der Waals surface area contributed by atoms with Crippen LogP contribution in [0.15, 0.2) is 60.7 Å². The fourth-order valence-electron chi connectivity index (χ4n) is 5.24. The van der Waals surface area contributed by atoms with E-state index in [0.29, 0.717) is 0 Å². The predicted octanol–water partition coefficient (Wildman–Crippen LogP) is 3.99. The highest BCUT2D eigenvalue weighted by atomic mass is 16.5. The van der Waals surface area contributed by atoms with E-state index in [1.165, 1.54) is 5.56 Å². The number of nitrogens with zero attached hydrogens (tertiary/aromatic N) is 3. The van der Waals surface area contributed by atoms with E-state index in [0.717, 1.165) is 61.7 Å². The molecule has 0 saturated carbocycles. The predicted molar refractivity (Wildman–Crippen MR) is 134 cm³/mol. The number of likely N-dealkylation sites (tertiary alicyclic amines) is 1. The standard InChI is InChI=1S/C27H33N5O2/c1-19(34-2)16-31-17-23(20-10-5-3-6-11-20)25(18-31)28-27(33)29-26-22-14-9-15-24(22)30-32(26)21-12-7-4-8-13-21/h3-8,10-13,19,23,25H,9,14-18H2,1-2H3,(H2,28,29,33). The van der Waals surface area contributed by atoms with Crippen LogP contribution in [0.3, 0.4) is 0 Å². The van der Waals surface area contributed by atoms with E-state index in [-0.39, 0.29) is 24.1 Å². The van der Waals surface area contributed by atoms with Crippen molar-refractivity contribution in [3.8, 4) is 5.69 Å². The number of hydrogen-bond donors (Lipinski definition) is 2. The third-order valence-electron chi connectivity index (χ3n) is 7.00. The Bertz CT molecular complexity index is 1110. The van der Waals surface area contributed by atoms with E-state index in [1.54, 1.807) is 7.11 Å². The Labute approximate surface area is 201 Å². The number of para-hydroxylation sites is 1. The number of fused-ring (bicyclic) bond motifs is 1. The molecule has 1 saturated heterocycles. The molecule has 7 heteroatoms. The normalized spacial score (nSPS) is 20.8. The van der Waals surface area contributed by atoms with E-state index in [2.05, 4.69) is 46.7 Å². The number of nitrogens with one attached hydrogen (secondary N) is 2. The lowest BCUT2D eigenvalue weighted by molar-refractivity contribution is 0.0843. The molecule has 1 fully saturated rings. The van der Waals surface area contributed by atoms with Gasteiger partial charge in [-0.05, 0) is 43.9 Å². The van der Waals surface area contributed by atoms with Crippen LogP contribution in [0.4, 0.5) is 10.6 Å². The first kappa shape index (κ1) is 22.6. The van der Waals surface area contributed by atoms with Crippen molar-refractivity contribution < 1.29 is 9.53 Å². The van der Waals surface area contributed by atoms with Crippen molar-refractivity contribution in [2.24, 2.45) is 0 Å². The lowest BCUT2D eigenvalue weighted by Gasteiger charge is -2.21. The summed E-state index contributed by atoms with van der Waals surface area (Å²) in [6.45, 7) is 4.60. The van der Waals surface area contributed by atoms with Crippen molar-refractivity contribution >= 4 is 11.8 Å². The fourth-order valence-corrected chi connectivity index (χ4v) is 5.24. The summed E-state index contributed by atoms with van der Waals surface area (Å²) in [5.41, 5.74) is 4.44. The van der Waals surface area contributed by atoms with Crippen molar-refractivity contribution in [2.45, 2.75) is 44.2 Å². The molecule has 1 aliphatic heterocycles.